The largest absolute Gasteiger partial charge is 0.295 e. The molecule has 0 spiro atoms. The smallest absolute Gasteiger partial charge is 0.129 e. The Bertz CT molecular complexity index is 798. The number of rotatable bonds is 2. The van der Waals surface area contributed by atoms with Crippen LogP contribution in [-0.2, 0) is 5.88 Å². The summed E-state index contributed by atoms with van der Waals surface area (Å²) < 4.78 is 16.4. The third-order valence-electron chi connectivity index (χ3n) is 3.22. The molecular formula is C15H11BrClFN2. The Hall–Kier alpha value is -1.39. The zero-order valence-corrected chi connectivity index (χ0v) is 13.0. The summed E-state index contributed by atoms with van der Waals surface area (Å²) in [6.45, 7) is 1.94. The van der Waals surface area contributed by atoms with Crippen molar-refractivity contribution < 1.29 is 4.39 Å². The minimum absolute atomic E-state index is 0.266. The van der Waals surface area contributed by atoms with E-state index in [0.29, 0.717) is 5.82 Å². The highest BCUT2D eigenvalue weighted by atomic mass is 79.9. The summed E-state index contributed by atoms with van der Waals surface area (Å²) in [5, 5.41) is 0. The average Bonchev–Trinajstić information content (AvgIpc) is 2.78. The Morgan fingerprint density at radius 2 is 2.05 bits per heavy atom. The van der Waals surface area contributed by atoms with Crippen LogP contribution in [0.3, 0.4) is 0 Å². The topological polar surface area (TPSA) is 17.8 Å². The van der Waals surface area contributed by atoms with E-state index in [1.165, 1.54) is 12.1 Å². The van der Waals surface area contributed by atoms with E-state index in [9.17, 15) is 4.39 Å². The van der Waals surface area contributed by atoms with E-state index in [1.807, 2.05) is 29.7 Å². The molecule has 3 rings (SSSR count). The fraction of sp³-hybridized carbons (Fsp3) is 0.133. The summed E-state index contributed by atoms with van der Waals surface area (Å²) in [6.07, 6.45) is 0. The summed E-state index contributed by atoms with van der Waals surface area (Å²) in [7, 11) is 0. The number of aromatic nitrogens is 2. The number of nitrogens with zero attached hydrogens (tertiary/aromatic N) is 2. The quantitative estimate of drug-likeness (QED) is 0.594. The number of fused-ring (bicyclic) bond motifs is 1. The molecule has 0 atom stereocenters. The van der Waals surface area contributed by atoms with Gasteiger partial charge in [-0.1, -0.05) is 22.0 Å². The summed E-state index contributed by atoms with van der Waals surface area (Å²) in [5.74, 6) is 0.695. The van der Waals surface area contributed by atoms with Crippen molar-refractivity contribution in [1.29, 1.82) is 0 Å². The fourth-order valence-electron chi connectivity index (χ4n) is 2.29. The van der Waals surface area contributed by atoms with Crippen LogP contribution in [0, 0.1) is 12.7 Å². The molecule has 2 aromatic carbocycles. The van der Waals surface area contributed by atoms with Crippen molar-refractivity contribution in [1.82, 2.24) is 9.55 Å². The van der Waals surface area contributed by atoms with Gasteiger partial charge in [0.25, 0.3) is 0 Å². The van der Waals surface area contributed by atoms with Crippen LogP contribution < -0.4 is 0 Å². The third kappa shape index (κ3) is 2.23. The van der Waals surface area contributed by atoms with Gasteiger partial charge in [0, 0.05) is 4.47 Å². The predicted molar refractivity (Wildman–Crippen MR) is 83.0 cm³/mol. The molecule has 0 amide bonds. The zero-order valence-electron chi connectivity index (χ0n) is 10.7. The van der Waals surface area contributed by atoms with Crippen LogP contribution >= 0.6 is 27.5 Å². The Balaban J connectivity index is 2.37. The van der Waals surface area contributed by atoms with Crippen molar-refractivity contribution in [2.24, 2.45) is 0 Å². The van der Waals surface area contributed by atoms with Gasteiger partial charge in [0.15, 0.2) is 0 Å². The predicted octanol–water partition coefficient (Wildman–Crippen LogP) is 4.97. The fourth-order valence-corrected chi connectivity index (χ4v) is 2.81. The molecular weight excluding hydrogens is 343 g/mol. The molecule has 3 aromatic rings. The van der Waals surface area contributed by atoms with Crippen LogP contribution in [0.4, 0.5) is 4.39 Å². The summed E-state index contributed by atoms with van der Waals surface area (Å²) in [6, 6.07) is 10.5. The summed E-state index contributed by atoms with van der Waals surface area (Å²) in [5.41, 5.74) is 3.49. The number of hydrogen-bond acceptors (Lipinski definition) is 1. The third-order valence-corrected chi connectivity index (χ3v) is 3.95. The maximum atomic E-state index is 13.6. The number of hydrogen-bond donors (Lipinski definition) is 0. The lowest BCUT2D eigenvalue weighted by Gasteiger charge is -2.11. The molecule has 1 aromatic heterocycles. The maximum absolute atomic E-state index is 13.6. The van der Waals surface area contributed by atoms with Crippen molar-refractivity contribution in [2.75, 3.05) is 0 Å². The lowest BCUT2D eigenvalue weighted by molar-refractivity contribution is 0.626. The number of imidazole rings is 1. The lowest BCUT2D eigenvalue weighted by Crippen LogP contribution is -2.02. The molecule has 0 saturated heterocycles. The Kier molecular flexibility index (Phi) is 3.52. The average molecular weight is 354 g/mol. The minimum Gasteiger partial charge on any atom is -0.295 e. The van der Waals surface area contributed by atoms with Crippen molar-refractivity contribution >= 4 is 38.6 Å². The van der Waals surface area contributed by atoms with Crippen LogP contribution in [0.15, 0.2) is 40.9 Å². The Morgan fingerprint density at radius 3 is 2.80 bits per heavy atom. The molecule has 102 valence electrons. The van der Waals surface area contributed by atoms with Crippen molar-refractivity contribution in [3.8, 4) is 5.69 Å². The minimum atomic E-state index is -0.273. The second kappa shape index (κ2) is 5.19. The molecule has 0 radical (unpaired) electrons. The first-order valence-corrected chi connectivity index (χ1v) is 7.42. The molecule has 1 heterocycles. The number of alkyl halides is 1. The van der Waals surface area contributed by atoms with Gasteiger partial charge in [0.05, 0.1) is 22.6 Å². The Morgan fingerprint density at radius 1 is 1.25 bits per heavy atom. The highest BCUT2D eigenvalue weighted by molar-refractivity contribution is 9.10. The Labute approximate surface area is 129 Å². The maximum Gasteiger partial charge on any atom is 0.129 e. The lowest BCUT2D eigenvalue weighted by atomic mass is 10.2. The molecule has 0 aliphatic rings. The monoisotopic (exact) mass is 352 g/mol. The van der Waals surface area contributed by atoms with E-state index in [0.717, 1.165) is 26.8 Å². The van der Waals surface area contributed by atoms with Gasteiger partial charge in [0.1, 0.15) is 11.6 Å². The molecule has 0 N–H and O–H groups in total. The molecule has 0 saturated carbocycles. The van der Waals surface area contributed by atoms with Crippen LogP contribution in [0.5, 0.6) is 0 Å². The SMILES string of the molecule is Cc1ccc(F)cc1-n1c(CCl)nc2cc(Br)ccc21. The molecule has 0 aliphatic carbocycles. The van der Waals surface area contributed by atoms with Gasteiger partial charge in [-0.25, -0.2) is 9.37 Å². The van der Waals surface area contributed by atoms with Gasteiger partial charge >= 0.3 is 0 Å². The van der Waals surface area contributed by atoms with E-state index in [4.69, 9.17) is 11.6 Å². The summed E-state index contributed by atoms with van der Waals surface area (Å²) >= 11 is 9.42. The van der Waals surface area contributed by atoms with Gasteiger partial charge in [0.2, 0.25) is 0 Å². The van der Waals surface area contributed by atoms with Crippen molar-refractivity contribution in [3.63, 3.8) is 0 Å². The molecule has 0 unspecified atom stereocenters. The van der Waals surface area contributed by atoms with Gasteiger partial charge < -0.3 is 0 Å². The van der Waals surface area contributed by atoms with E-state index < -0.39 is 0 Å². The summed E-state index contributed by atoms with van der Waals surface area (Å²) in [4.78, 5) is 4.52. The van der Waals surface area contributed by atoms with E-state index in [2.05, 4.69) is 20.9 Å². The van der Waals surface area contributed by atoms with E-state index in [-0.39, 0.29) is 11.7 Å². The second-order valence-electron chi connectivity index (χ2n) is 4.56. The number of benzene rings is 2. The van der Waals surface area contributed by atoms with E-state index >= 15 is 0 Å². The van der Waals surface area contributed by atoms with E-state index in [1.54, 1.807) is 6.07 Å². The van der Waals surface area contributed by atoms with Gasteiger partial charge in [-0.15, -0.1) is 11.6 Å². The van der Waals surface area contributed by atoms with Crippen LogP contribution in [0.2, 0.25) is 0 Å². The highest BCUT2D eigenvalue weighted by Gasteiger charge is 2.14. The van der Waals surface area contributed by atoms with Crippen LogP contribution in [0.25, 0.3) is 16.7 Å². The standard InChI is InChI=1S/C15H11BrClFN2/c1-9-2-4-11(18)7-14(9)20-13-5-3-10(16)6-12(13)19-15(20)8-17/h2-7H,8H2,1H3. The van der Waals surface area contributed by atoms with Gasteiger partial charge in [-0.05, 0) is 42.8 Å². The molecule has 20 heavy (non-hydrogen) atoms. The molecule has 0 bridgehead atoms. The molecule has 0 fully saturated rings. The number of aryl methyl sites for hydroxylation is 1. The van der Waals surface area contributed by atoms with Crippen LogP contribution in [-0.4, -0.2) is 9.55 Å². The molecule has 5 heteroatoms. The van der Waals surface area contributed by atoms with Gasteiger partial charge in [-0.3, -0.25) is 4.57 Å². The van der Waals surface area contributed by atoms with Crippen molar-refractivity contribution in [3.05, 3.63) is 58.1 Å². The first-order valence-electron chi connectivity index (χ1n) is 6.09. The number of halogens is 3. The molecule has 2 nitrogen and oxygen atoms in total. The van der Waals surface area contributed by atoms with Crippen LogP contribution in [0.1, 0.15) is 11.4 Å². The normalized spacial score (nSPS) is 11.2. The van der Waals surface area contributed by atoms with Gasteiger partial charge in [-0.2, -0.15) is 0 Å². The zero-order chi connectivity index (χ0) is 14.3. The second-order valence-corrected chi connectivity index (χ2v) is 5.74. The van der Waals surface area contributed by atoms with Crippen molar-refractivity contribution in [2.45, 2.75) is 12.8 Å². The first-order chi connectivity index (χ1) is 9.60. The highest BCUT2D eigenvalue weighted by Crippen LogP contribution is 2.27. The molecule has 0 aliphatic heterocycles. The first kappa shape index (κ1) is 13.6.